The van der Waals surface area contributed by atoms with Crippen molar-refractivity contribution in [3.63, 3.8) is 0 Å². The van der Waals surface area contributed by atoms with Gasteiger partial charge >= 0.3 is 5.97 Å². The van der Waals surface area contributed by atoms with Crippen molar-refractivity contribution < 1.29 is 22.7 Å². The summed E-state index contributed by atoms with van der Waals surface area (Å²) >= 11 is 0. The minimum atomic E-state index is -3.86. The van der Waals surface area contributed by atoms with Crippen LogP contribution >= 0.6 is 0 Å². The summed E-state index contributed by atoms with van der Waals surface area (Å²) in [6.45, 7) is 2.37. The standard InChI is InChI=1S/C19H23NO5S/c1-4-12-25-19(21)16-10-11-17(24-3)18(13-16)26(22,23)20(2)14-15-8-6-5-7-9-15/h5-11,13H,4,12,14H2,1-3H3. The zero-order valence-corrected chi connectivity index (χ0v) is 16.0. The number of nitrogens with zero attached hydrogens (tertiary/aromatic N) is 1. The van der Waals surface area contributed by atoms with Crippen LogP contribution in [-0.4, -0.2) is 39.5 Å². The van der Waals surface area contributed by atoms with Gasteiger partial charge in [0, 0.05) is 13.6 Å². The maximum Gasteiger partial charge on any atom is 0.338 e. The van der Waals surface area contributed by atoms with Gasteiger partial charge in [-0.05, 0) is 30.2 Å². The lowest BCUT2D eigenvalue weighted by molar-refractivity contribution is 0.0504. The van der Waals surface area contributed by atoms with Crippen molar-refractivity contribution >= 4 is 16.0 Å². The van der Waals surface area contributed by atoms with Gasteiger partial charge in [-0.3, -0.25) is 0 Å². The van der Waals surface area contributed by atoms with Crippen LogP contribution in [0.4, 0.5) is 0 Å². The first-order valence-electron chi connectivity index (χ1n) is 8.25. The summed E-state index contributed by atoms with van der Waals surface area (Å²) in [5, 5.41) is 0. The lowest BCUT2D eigenvalue weighted by Gasteiger charge is -2.19. The lowest BCUT2D eigenvalue weighted by atomic mass is 10.2. The van der Waals surface area contributed by atoms with Crippen LogP contribution in [0.3, 0.4) is 0 Å². The number of hydrogen-bond acceptors (Lipinski definition) is 5. The first kappa shape index (κ1) is 19.9. The van der Waals surface area contributed by atoms with Crippen molar-refractivity contribution in [1.82, 2.24) is 4.31 Å². The van der Waals surface area contributed by atoms with Gasteiger partial charge in [-0.1, -0.05) is 37.3 Å². The highest BCUT2D eigenvalue weighted by molar-refractivity contribution is 7.89. The zero-order chi connectivity index (χ0) is 19.2. The Morgan fingerprint density at radius 3 is 2.42 bits per heavy atom. The number of carbonyl (C=O) groups excluding carboxylic acids is 1. The second-order valence-corrected chi connectivity index (χ2v) is 7.76. The Morgan fingerprint density at radius 2 is 1.81 bits per heavy atom. The van der Waals surface area contributed by atoms with Gasteiger partial charge in [0.1, 0.15) is 10.6 Å². The summed E-state index contributed by atoms with van der Waals surface area (Å²) < 4.78 is 37.5. The van der Waals surface area contributed by atoms with Crippen LogP contribution in [0.1, 0.15) is 29.3 Å². The molecule has 0 N–H and O–H groups in total. The van der Waals surface area contributed by atoms with E-state index in [1.165, 1.54) is 36.7 Å². The smallest absolute Gasteiger partial charge is 0.338 e. The molecule has 2 rings (SSSR count). The monoisotopic (exact) mass is 377 g/mol. The van der Waals surface area contributed by atoms with Gasteiger partial charge < -0.3 is 9.47 Å². The second-order valence-electron chi connectivity index (χ2n) is 5.75. The molecule has 0 aliphatic rings. The second kappa shape index (κ2) is 8.82. The Labute approximate surface area is 154 Å². The third-order valence-corrected chi connectivity index (χ3v) is 5.60. The SMILES string of the molecule is CCCOC(=O)c1ccc(OC)c(S(=O)(=O)N(C)Cc2ccccc2)c1. The van der Waals surface area contributed by atoms with E-state index >= 15 is 0 Å². The quantitative estimate of drug-likeness (QED) is 0.661. The van der Waals surface area contributed by atoms with Gasteiger partial charge in [0.25, 0.3) is 0 Å². The highest BCUT2D eigenvalue weighted by atomic mass is 32.2. The van der Waals surface area contributed by atoms with Crippen LogP contribution < -0.4 is 4.74 Å². The van der Waals surface area contributed by atoms with Gasteiger partial charge in [-0.25, -0.2) is 13.2 Å². The molecule has 0 spiro atoms. The number of ether oxygens (including phenoxy) is 2. The van der Waals surface area contributed by atoms with Gasteiger partial charge in [-0.2, -0.15) is 4.31 Å². The van der Waals surface area contributed by atoms with E-state index in [4.69, 9.17) is 9.47 Å². The Morgan fingerprint density at radius 1 is 1.12 bits per heavy atom. The van der Waals surface area contributed by atoms with E-state index in [0.29, 0.717) is 6.42 Å². The largest absolute Gasteiger partial charge is 0.495 e. The van der Waals surface area contributed by atoms with E-state index < -0.39 is 16.0 Å². The van der Waals surface area contributed by atoms with Gasteiger partial charge in [0.15, 0.2) is 0 Å². The molecule has 0 radical (unpaired) electrons. The summed E-state index contributed by atoms with van der Waals surface area (Å²) in [6.07, 6.45) is 0.687. The summed E-state index contributed by atoms with van der Waals surface area (Å²) in [7, 11) is -0.976. The van der Waals surface area contributed by atoms with E-state index in [-0.39, 0.29) is 29.4 Å². The van der Waals surface area contributed by atoms with E-state index in [1.54, 1.807) is 0 Å². The molecule has 0 atom stereocenters. The molecule has 140 valence electrons. The molecule has 0 heterocycles. The molecule has 0 amide bonds. The molecule has 2 aromatic rings. The molecule has 26 heavy (non-hydrogen) atoms. The van der Waals surface area contributed by atoms with Crippen molar-refractivity contribution in [2.75, 3.05) is 20.8 Å². The molecule has 2 aromatic carbocycles. The molecule has 0 saturated carbocycles. The number of methoxy groups -OCH3 is 1. The van der Waals surface area contributed by atoms with E-state index in [0.717, 1.165) is 5.56 Å². The fraction of sp³-hybridized carbons (Fsp3) is 0.316. The van der Waals surface area contributed by atoms with Crippen molar-refractivity contribution in [3.05, 3.63) is 59.7 Å². The Kier molecular flexibility index (Phi) is 6.76. The molecule has 0 fully saturated rings. The maximum atomic E-state index is 13.0. The number of benzene rings is 2. The number of hydrogen-bond donors (Lipinski definition) is 0. The third kappa shape index (κ3) is 4.62. The predicted molar refractivity (Wildman–Crippen MR) is 98.7 cm³/mol. The van der Waals surface area contributed by atoms with E-state index in [1.807, 2.05) is 37.3 Å². The van der Waals surface area contributed by atoms with Gasteiger partial charge in [-0.15, -0.1) is 0 Å². The van der Waals surface area contributed by atoms with Crippen LogP contribution in [0, 0.1) is 0 Å². The average Bonchev–Trinajstić information content (AvgIpc) is 2.66. The highest BCUT2D eigenvalue weighted by Crippen LogP contribution is 2.28. The molecule has 0 aromatic heterocycles. The molecule has 0 bridgehead atoms. The Bertz CT molecular complexity index is 849. The summed E-state index contributed by atoms with van der Waals surface area (Å²) in [4.78, 5) is 12.0. The van der Waals surface area contributed by atoms with E-state index in [2.05, 4.69) is 0 Å². The third-order valence-electron chi connectivity index (χ3n) is 3.77. The van der Waals surface area contributed by atoms with Gasteiger partial charge in [0.05, 0.1) is 19.3 Å². The predicted octanol–water partition coefficient (Wildman–Crippen LogP) is 3.08. The van der Waals surface area contributed by atoms with Crippen molar-refractivity contribution in [1.29, 1.82) is 0 Å². The summed E-state index contributed by atoms with van der Waals surface area (Å²) in [5.41, 5.74) is 1.03. The average molecular weight is 377 g/mol. The lowest BCUT2D eigenvalue weighted by Crippen LogP contribution is -2.27. The first-order chi connectivity index (χ1) is 12.4. The fourth-order valence-corrected chi connectivity index (χ4v) is 3.71. The molecular weight excluding hydrogens is 354 g/mol. The van der Waals surface area contributed by atoms with Crippen molar-refractivity contribution in [2.24, 2.45) is 0 Å². The minimum Gasteiger partial charge on any atom is -0.495 e. The zero-order valence-electron chi connectivity index (χ0n) is 15.1. The summed E-state index contributed by atoms with van der Waals surface area (Å²) in [6, 6.07) is 13.5. The molecule has 0 unspecified atom stereocenters. The summed E-state index contributed by atoms with van der Waals surface area (Å²) in [5.74, 6) is -0.381. The molecule has 0 aliphatic heterocycles. The van der Waals surface area contributed by atoms with Crippen LogP contribution in [-0.2, 0) is 21.3 Å². The van der Waals surface area contributed by atoms with E-state index in [9.17, 15) is 13.2 Å². The molecular formula is C19H23NO5S. The Hall–Kier alpha value is -2.38. The molecule has 0 aliphatic carbocycles. The minimum absolute atomic E-state index is 0.0654. The Balaban J connectivity index is 2.35. The maximum absolute atomic E-state index is 13.0. The number of esters is 1. The van der Waals surface area contributed by atoms with Crippen LogP contribution in [0.5, 0.6) is 5.75 Å². The number of rotatable bonds is 8. The number of sulfonamides is 1. The topological polar surface area (TPSA) is 72.9 Å². The fourth-order valence-electron chi connectivity index (χ4n) is 2.38. The van der Waals surface area contributed by atoms with Crippen LogP contribution in [0.25, 0.3) is 0 Å². The molecule has 7 heteroatoms. The van der Waals surface area contributed by atoms with Crippen LogP contribution in [0.15, 0.2) is 53.4 Å². The van der Waals surface area contributed by atoms with Crippen molar-refractivity contribution in [3.8, 4) is 5.75 Å². The van der Waals surface area contributed by atoms with Crippen LogP contribution in [0.2, 0.25) is 0 Å². The van der Waals surface area contributed by atoms with Crippen molar-refractivity contribution in [2.45, 2.75) is 24.8 Å². The molecule has 6 nitrogen and oxygen atoms in total. The van der Waals surface area contributed by atoms with Gasteiger partial charge in [0.2, 0.25) is 10.0 Å². The normalized spacial score (nSPS) is 11.4. The number of carbonyl (C=O) groups is 1. The first-order valence-corrected chi connectivity index (χ1v) is 9.69. The highest BCUT2D eigenvalue weighted by Gasteiger charge is 2.26. The molecule has 0 saturated heterocycles.